The monoisotopic (exact) mass is 270 g/mol. The summed E-state index contributed by atoms with van der Waals surface area (Å²) in [7, 11) is 0. The van der Waals surface area contributed by atoms with Gasteiger partial charge in [0.15, 0.2) is 0 Å². The van der Waals surface area contributed by atoms with Crippen molar-refractivity contribution in [3.8, 4) is 0 Å². The minimum atomic E-state index is -0.671. The van der Waals surface area contributed by atoms with Crippen LogP contribution in [0.25, 0.3) is 0 Å². The van der Waals surface area contributed by atoms with Crippen LogP contribution in [0.5, 0.6) is 0 Å². The summed E-state index contributed by atoms with van der Waals surface area (Å²) in [5.41, 5.74) is 0.254. The lowest BCUT2D eigenvalue weighted by atomic mass is 10.1. The summed E-state index contributed by atoms with van der Waals surface area (Å²) in [6.45, 7) is 6.39. The van der Waals surface area contributed by atoms with Crippen LogP contribution in [0.4, 0.5) is 14.5 Å². The topological polar surface area (TPSA) is 41.1 Å². The first-order chi connectivity index (χ1) is 8.88. The molecule has 0 fully saturated rings. The highest BCUT2D eigenvalue weighted by Crippen LogP contribution is 2.13. The third kappa shape index (κ3) is 5.68. The minimum absolute atomic E-state index is 0.190. The van der Waals surface area contributed by atoms with E-state index in [2.05, 4.69) is 24.5 Å². The number of amides is 1. The van der Waals surface area contributed by atoms with Gasteiger partial charge in [-0.2, -0.15) is 0 Å². The summed E-state index contributed by atoms with van der Waals surface area (Å²) in [5, 5.41) is 5.54. The molecule has 1 aromatic rings. The van der Waals surface area contributed by atoms with Gasteiger partial charge in [-0.1, -0.05) is 13.8 Å². The molecule has 1 amide bonds. The Balaban J connectivity index is 2.49. The Morgan fingerprint density at radius 2 is 1.74 bits per heavy atom. The van der Waals surface area contributed by atoms with E-state index in [1.807, 2.05) is 0 Å². The SMILES string of the molecule is CC(C)CCNC(=O)C(C)Nc1cc(F)cc(F)c1. The van der Waals surface area contributed by atoms with Crippen molar-refractivity contribution in [3.63, 3.8) is 0 Å². The highest BCUT2D eigenvalue weighted by atomic mass is 19.1. The van der Waals surface area contributed by atoms with Crippen LogP contribution in [0.1, 0.15) is 27.2 Å². The highest BCUT2D eigenvalue weighted by Gasteiger charge is 2.13. The third-order valence-electron chi connectivity index (χ3n) is 2.66. The van der Waals surface area contributed by atoms with Crippen LogP contribution in [0.2, 0.25) is 0 Å². The zero-order valence-electron chi connectivity index (χ0n) is 11.5. The average molecular weight is 270 g/mol. The van der Waals surface area contributed by atoms with Crippen molar-refractivity contribution in [2.45, 2.75) is 33.2 Å². The van der Waals surface area contributed by atoms with Gasteiger partial charge in [-0.15, -0.1) is 0 Å². The summed E-state index contributed by atoms with van der Waals surface area (Å²) in [4.78, 5) is 11.7. The molecule has 1 rings (SSSR count). The predicted octanol–water partition coefficient (Wildman–Crippen LogP) is 2.93. The molecule has 106 valence electrons. The molecule has 5 heteroatoms. The number of anilines is 1. The van der Waals surface area contributed by atoms with Gasteiger partial charge in [-0.05, 0) is 31.4 Å². The molecule has 0 aliphatic heterocycles. The second kappa shape index (κ2) is 7.07. The largest absolute Gasteiger partial charge is 0.374 e. The van der Waals surface area contributed by atoms with Crippen molar-refractivity contribution in [2.24, 2.45) is 5.92 Å². The molecule has 0 aromatic heterocycles. The molecule has 3 nitrogen and oxygen atoms in total. The second-order valence-corrected chi connectivity index (χ2v) is 5.00. The molecule has 1 atom stereocenters. The number of benzene rings is 1. The van der Waals surface area contributed by atoms with Crippen molar-refractivity contribution in [1.82, 2.24) is 5.32 Å². The molecular formula is C14H20F2N2O. The number of halogens is 2. The Labute approximate surface area is 112 Å². The second-order valence-electron chi connectivity index (χ2n) is 5.00. The van der Waals surface area contributed by atoms with Gasteiger partial charge < -0.3 is 10.6 Å². The first-order valence-corrected chi connectivity index (χ1v) is 6.39. The molecule has 1 aromatic carbocycles. The van der Waals surface area contributed by atoms with Crippen LogP contribution in [0.15, 0.2) is 18.2 Å². The Bertz CT molecular complexity index is 415. The van der Waals surface area contributed by atoms with Crippen molar-refractivity contribution in [3.05, 3.63) is 29.8 Å². The third-order valence-corrected chi connectivity index (χ3v) is 2.66. The number of carbonyl (C=O) groups is 1. The van der Waals surface area contributed by atoms with Gasteiger partial charge in [0.05, 0.1) is 0 Å². The number of hydrogen-bond acceptors (Lipinski definition) is 2. The quantitative estimate of drug-likeness (QED) is 0.834. The molecule has 0 saturated heterocycles. The van der Waals surface area contributed by atoms with Gasteiger partial charge in [-0.3, -0.25) is 4.79 Å². The highest BCUT2D eigenvalue weighted by molar-refractivity contribution is 5.84. The van der Waals surface area contributed by atoms with Crippen molar-refractivity contribution in [1.29, 1.82) is 0 Å². The molecule has 0 saturated carbocycles. The summed E-state index contributed by atoms with van der Waals surface area (Å²) < 4.78 is 26.0. The average Bonchev–Trinajstić information content (AvgIpc) is 2.26. The number of nitrogens with one attached hydrogen (secondary N) is 2. The number of carbonyl (C=O) groups excluding carboxylic acids is 1. The smallest absolute Gasteiger partial charge is 0.242 e. The number of rotatable bonds is 6. The van der Waals surface area contributed by atoms with E-state index in [9.17, 15) is 13.6 Å². The van der Waals surface area contributed by atoms with Crippen LogP contribution < -0.4 is 10.6 Å². The lowest BCUT2D eigenvalue weighted by Gasteiger charge is -2.16. The molecule has 0 bridgehead atoms. The summed E-state index contributed by atoms with van der Waals surface area (Å²) in [5.74, 6) is -1.02. The van der Waals surface area contributed by atoms with Crippen LogP contribution in [0.3, 0.4) is 0 Å². The van der Waals surface area contributed by atoms with E-state index in [0.717, 1.165) is 24.6 Å². The predicted molar refractivity (Wildman–Crippen MR) is 71.9 cm³/mol. The van der Waals surface area contributed by atoms with E-state index in [4.69, 9.17) is 0 Å². The van der Waals surface area contributed by atoms with Crippen LogP contribution in [0, 0.1) is 17.6 Å². The fourth-order valence-electron chi connectivity index (χ4n) is 1.59. The van der Waals surface area contributed by atoms with E-state index in [1.54, 1.807) is 6.92 Å². The van der Waals surface area contributed by atoms with Gasteiger partial charge in [0, 0.05) is 18.3 Å². The zero-order chi connectivity index (χ0) is 14.4. The molecule has 2 N–H and O–H groups in total. The lowest BCUT2D eigenvalue weighted by molar-refractivity contribution is -0.121. The Morgan fingerprint density at radius 3 is 2.26 bits per heavy atom. The summed E-state index contributed by atoms with van der Waals surface area (Å²) >= 11 is 0. The van der Waals surface area contributed by atoms with Gasteiger partial charge in [0.25, 0.3) is 0 Å². The number of hydrogen-bond donors (Lipinski definition) is 2. The van der Waals surface area contributed by atoms with E-state index < -0.39 is 17.7 Å². The zero-order valence-corrected chi connectivity index (χ0v) is 11.5. The van der Waals surface area contributed by atoms with E-state index in [-0.39, 0.29) is 11.6 Å². The van der Waals surface area contributed by atoms with E-state index in [0.29, 0.717) is 12.5 Å². The van der Waals surface area contributed by atoms with Crippen LogP contribution >= 0.6 is 0 Å². The standard InChI is InChI=1S/C14H20F2N2O/c1-9(2)4-5-17-14(19)10(3)18-13-7-11(15)6-12(16)8-13/h6-10,18H,4-5H2,1-3H3,(H,17,19). The van der Waals surface area contributed by atoms with Gasteiger partial charge in [0.1, 0.15) is 17.7 Å². The molecular weight excluding hydrogens is 250 g/mol. The van der Waals surface area contributed by atoms with Crippen LogP contribution in [-0.4, -0.2) is 18.5 Å². The molecule has 0 aliphatic carbocycles. The van der Waals surface area contributed by atoms with Crippen molar-refractivity contribution < 1.29 is 13.6 Å². The Kier molecular flexibility index (Phi) is 5.73. The molecule has 1 unspecified atom stereocenters. The van der Waals surface area contributed by atoms with Gasteiger partial charge in [-0.25, -0.2) is 8.78 Å². The molecule has 0 aliphatic rings. The molecule has 19 heavy (non-hydrogen) atoms. The maximum absolute atomic E-state index is 13.0. The molecule has 0 spiro atoms. The molecule has 0 heterocycles. The van der Waals surface area contributed by atoms with Crippen molar-refractivity contribution in [2.75, 3.05) is 11.9 Å². The fraction of sp³-hybridized carbons (Fsp3) is 0.500. The molecule has 0 radical (unpaired) electrons. The first-order valence-electron chi connectivity index (χ1n) is 6.39. The summed E-state index contributed by atoms with van der Waals surface area (Å²) in [6.07, 6.45) is 0.896. The van der Waals surface area contributed by atoms with Crippen LogP contribution in [-0.2, 0) is 4.79 Å². The van der Waals surface area contributed by atoms with Crippen molar-refractivity contribution >= 4 is 11.6 Å². The van der Waals surface area contributed by atoms with Gasteiger partial charge in [0.2, 0.25) is 5.91 Å². The van der Waals surface area contributed by atoms with E-state index >= 15 is 0 Å². The van der Waals surface area contributed by atoms with E-state index in [1.165, 1.54) is 0 Å². The Hall–Kier alpha value is -1.65. The Morgan fingerprint density at radius 1 is 1.16 bits per heavy atom. The lowest BCUT2D eigenvalue weighted by Crippen LogP contribution is -2.38. The first kappa shape index (κ1) is 15.4. The maximum Gasteiger partial charge on any atom is 0.242 e. The minimum Gasteiger partial charge on any atom is -0.374 e. The summed E-state index contributed by atoms with van der Waals surface area (Å²) in [6, 6.07) is 2.55. The normalized spacial score (nSPS) is 12.3. The maximum atomic E-state index is 13.0. The fourth-order valence-corrected chi connectivity index (χ4v) is 1.59. The van der Waals surface area contributed by atoms with Gasteiger partial charge >= 0.3 is 0 Å².